The first kappa shape index (κ1) is 25.6. The van der Waals surface area contributed by atoms with Gasteiger partial charge in [0.05, 0.1) is 27.4 Å². The van der Waals surface area contributed by atoms with E-state index in [1.807, 2.05) is 0 Å². The van der Waals surface area contributed by atoms with Crippen LogP contribution in [0.5, 0.6) is 0 Å². The van der Waals surface area contributed by atoms with Gasteiger partial charge in [-0.3, -0.25) is 14.4 Å². The summed E-state index contributed by atoms with van der Waals surface area (Å²) in [7, 11) is -5.07. The Kier molecular flexibility index (Phi) is 7.26. The summed E-state index contributed by atoms with van der Waals surface area (Å²) >= 11 is 0. The van der Waals surface area contributed by atoms with Crippen molar-refractivity contribution in [2.75, 3.05) is 23.0 Å². The summed E-state index contributed by atoms with van der Waals surface area (Å²) in [6, 6.07) is 12.9. The van der Waals surface area contributed by atoms with Crippen LogP contribution in [0.4, 0.5) is 22.7 Å². The molecular weight excluding hydrogens is 473 g/mol. The monoisotopic (exact) mass is 489 g/mol. The Hall–Kier alpha value is -3.06. The van der Waals surface area contributed by atoms with Crippen LogP contribution in [0, 0.1) is 0 Å². The maximum Gasteiger partial charge on any atom is 1.00 e. The van der Waals surface area contributed by atoms with Gasteiger partial charge in [-0.2, -0.15) is 0 Å². The fourth-order valence-electron chi connectivity index (χ4n) is 3.59. The molecule has 34 heavy (non-hydrogen) atoms. The molecule has 0 bridgehead atoms. The fourth-order valence-corrected chi connectivity index (χ4v) is 4.23. The number of amides is 1. The van der Waals surface area contributed by atoms with Crippen LogP contribution in [-0.4, -0.2) is 42.2 Å². The van der Waals surface area contributed by atoms with Crippen molar-refractivity contribution < 1.29 is 62.0 Å². The normalized spacial score (nSPS) is 12.3. The van der Waals surface area contributed by atoms with Crippen LogP contribution in [-0.2, 0) is 14.9 Å². The Labute approximate surface area is 216 Å². The van der Waals surface area contributed by atoms with E-state index in [1.54, 1.807) is 12.1 Å². The Morgan fingerprint density at radius 1 is 0.941 bits per heavy atom. The molecule has 0 heterocycles. The number of carbonyl (C=O) groups excluding carboxylic acids is 3. The number of hydrogen-bond donors (Lipinski definition) is 4. The summed E-state index contributed by atoms with van der Waals surface area (Å²) in [6.07, 6.45) is 0. The molecule has 0 aromatic heterocycles. The second-order valence-corrected chi connectivity index (χ2v) is 8.50. The first-order valence-electron chi connectivity index (χ1n) is 9.50. The number of benzene rings is 3. The molecule has 0 fully saturated rings. The smallest absolute Gasteiger partial charge is 0.744 e. The predicted molar refractivity (Wildman–Crippen MR) is 118 cm³/mol. The van der Waals surface area contributed by atoms with E-state index in [9.17, 15) is 27.4 Å². The van der Waals surface area contributed by atoms with Gasteiger partial charge < -0.3 is 26.0 Å². The topological polar surface area (TPSA) is 179 Å². The SMILES string of the molecule is Nc1c(S(=O)(=O)[O-])cc(Nc2ccc(NC(=O)CO)cc2)c2c1C(=O)c1ccccc1C2=O.[Na+]. The zero-order valence-corrected chi connectivity index (χ0v) is 20.6. The number of aliphatic hydroxyl groups is 1. The summed E-state index contributed by atoms with van der Waals surface area (Å²) < 4.78 is 35.5. The maximum absolute atomic E-state index is 13.2. The van der Waals surface area contributed by atoms with Gasteiger partial charge >= 0.3 is 29.6 Å². The van der Waals surface area contributed by atoms with Crippen LogP contribution >= 0.6 is 0 Å². The van der Waals surface area contributed by atoms with Crippen LogP contribution in [0.2, 0.25) is 0 Å². The van der Waals surface area contributed by atoms with Crippen molar-refractivity contribution in [2.24, 2.45) is 0 Å². The summed E-state index contributed by atoms with van der Waals surface area (Å²) in [5, 5.41) is 14.1. The number of carbonyl (C=O) groups is 3. The van der Waals surface area contributed by atoms with E-state index in [2.05, 4.69) is 10.6 Å². The largest absolute Gasteiger partial charge is 1.00 e. The Morgan fingerprint density at radius 2 is 1.47 bits per heavy atom. The van der Waals surface area contributed by atoms with Crippen LogP contribution in [0.3, 0.4) is 0 Å². The standard InChI is InChI=1S/C22H17N3O7S.Na/c23-20-16(33(30,31)32)9-15(24-11-5-7-12(8-6-11)25-17(27)10-26)18-19(20)22(29)14-4-2-1-3-13(14)21(18)28;/h1-9,24,26H,10,23H2,(H,25,27)(H,30,31,32);/q;+1/p-1. The molecule has 0 unspecified atom stereocenters. The van der Waals surface area contributed by atoms with Gasteiger partial charge in [0, 0.05) is 22.5 Å². The maximum atomic E-state index is 13.2. The Bertz CT molecular complexity index is 1440. The van der Waals surface area contributed by atoms with Crippen LogP contribution in [0.15, 0.2) is 59.5 Å². The molecule has 10 nitrogen and oxygen atoms in total. The van der Waals surface area contributed by atoms with Gasteiger partial charge in [-0.25, -0.2) is 8.42 Å². The minimum atomic E-state index is -5.07. The number of rotatable bonds is 5. The van der Waals surface area contributed by atoms with E-state index in [1.165, 1.54) is 36.4 Å². The van der Waals surface area contributed by atoms with Crippen molar-refractivity contribution in [1.82, 2.24) is 0 Å². The number of nitrogens with one attached hydrogen (secondary N) is 2. The predicted octanol–water partition coefficient (Wildman–Crippen LogP) is -1.37. The van der Waals surface area contributed by atoms with Gasteiger partial charge in [0.1, 0.15) is 16.7 Å². The molecule has 0 radical (unpaired) electrons. The summed E-state index contributed by atoms with van der Waals surface area (Å²) in [5.41, 5.74) is 5.63. The third kappa shape index (κ3) is 4.62. The Balaban J connectivity index is 0.00000324. The second kappa shape index (κ2) is 9.66. The average Bonchev–Trinajstić information content (AvgIpc) is 2.78. The molecule has 12 heteroatoms. The first-order valence-corrected chi connectivity index (χ1v) is 10.9. The van der Waals surface area contributed by atoms with E-state index in [0.717, 1.165) is 6.07 Å². The van der Waals surface area contributed by atoms with E-state index in [0.29, 0.717) is 11.4 Å². The molecule has 0 atom stereocenters. The minimum Gasteiger partial charge on any atom is -0.744 e. The number of anilines is 4. The third-order valence-corrected chi connectivity index (χ3v) is 5.94. The number of nitrogens with two attached hydrogens (primary N) is 1. The fraction of sp³-hybridized carbons (Fsp3) is 0.0455. The molecule has 168 valence electrons. The number of fused-ring (bicyclic) bond motifs is 2. The van der Waals surface area contributed by atoms with Gasteiger partial charge in [-0.05, 0) is 30.3 Å². The van der Waals surface area contributed by atoms with Gasteiger partial charge in [0.15, 0.2) is 11.6 Å². The van der Waals surface area contributed by atoms with E-state index in [4.69, 9.17) is 10.8 Å². The van der Waals surface area contributed by atoms with Crippen molar-refractivity contribution >= 4 is 50.3 Å². The molecule has 1 amide bonds. The molecule has 3 aromatic rings. The van der Waals surface area contributed by atoms with Crippen LogP contribution in [0.1, 0.15) is 31.8 Å². The van der Waals surface area contributed by atoms with Crippen molar-refractivity contribution in [3.8, 4) is 0 Å². The molecule has 0 saturated carbocycles. The zero-order chi connectivity index (χ0) is 23.9. The number of nitrogen functional groups attached to an aromatic ring is 1. The van der Waals surface area contributed by atoms with Gasteiger partial charge in [0.2, 0.25) is 5.91 Å². The summed E-state index contributed by atoms with van der Waals surface area (Å²) in [5.74, 6) is -1.85. The molecule has 0 spiro atoms. The molecule has 1 aliphatic carbocycles. The molecule has 1 aliphatic rings. The van der Waals surface area contributed by atoms with Crippen LogP contribution < -0.4 is 45.9 Å². The van der Waals surface area contributed by atoms with Crippen molar-refractivity contribution in [2.45, 2.75) is 4.90 Å². The van der Waals surface area contributed by atoms with E-state index < -0.39 is 44.8 Å². The van der Waals surface area contributed by atoms with Gasteiger partial charge in [-0.15, -0.1) is 0 Å². The van der Waals surface area contributed by atoms with Crippen molar-refractivity contribution in [1.29, 1.82) is 0 Å². The molecular formula is C22H16N3NaO7S. The molecule has 0 aliphatic heterocycles. The number of aliphatic hydroxyl groups excluding tert-OH is 1. The Morgan fingerprint density at radius 3 is 2.00 bits per heavy atom. The van der Waals surface area contributed by atoms with E-state index >= 15 is 0 Å². The van der Waals surface area contributed by atoms with Crippen LogP contribution in [0.25, 0.3) is 0 Å². The second-order valence-electron chi connectivity index (χ2n) is 7.15. The number of ketones is 2. The third-order valence-electron chi connectivity index (χ3n) is 5.06. The first-order chi connectivity index (χ1) is 15.6. The van der Waals surface area contributed by atoms with Gasteiger partial charge in [-0.1, -0.05) is 24.3 Å². The summed E-state index contributed by atoms with van der Waals surface area (Å²) in [6.45, 7) is -0.693. The van der Waals surface area contributed by atoms with Gasteiger partial charge in [0.25, 0.3) is 0 Å². The number of hydrogen-bond acceptors (Lipinski definition) is 9. The quantitative estimate of drug-likeness (QED) is 0.149. The van der Waals surface area contributed by atoms with Crippen molar-refractivity contribution in [3.05, 3.63) is 76.9 Å². The zero-order valence-electron chi connectivity index (χ0n) is 17.8. The molecule has 5 N–H and O–H groups in total. The summed E-state index contributed by atoms with van der Waals surface area (Å²) in [4.78, 5) is 36.8. The average molecular weight is 489 g/mol. The molecule has 3 aromatic carbocycles. The van der Waals surface area contributed by atoms with Crippen molar-refractivity contribution in [3.63, 3.8) is 0 Å². The molecule has 0 saturated heterocycles. The molecule has 4 rings (SSSR count). The minimum absolute atomic E-state index is 0. The van der Waals surface area contributed by atoms with E-state index in [-0.39, 0.29) is 57.5 Å².